The lowest BCUT2D eigenvalue weighted by Crippen LogP contribution is -2.19. The van der Waals surface area contributed by atoms with Gasteiger partial charge in [0.2, 0.25) is 0 Å². The van der Waals surface area contributed by atoms with E-state index in [-0.39, 0.29) is 5.41 Å². The van der Waals surface area contributed by atoms with Crippen molar-refractivity contribution in [3.63, 3.8) is 0 Å². The summed E-state index contributed by atoms with van der Waals surface area (Å²) in [5.74, 6) is 0. The molecule has 0 fully saturated rings. The van der Waals surface area contributed by atoms with Crippen molar-refractivity contribution in [2.75, 3.05) is 5.32 Å². The van der Waals surface area contributed by atoms with Gasteiger partial charge in [0.05, 0.1) is 17.4 Å². The van der Waals surface area contributed by atoms with Gasteiger partial charge in [-0.15, -0.1) is 0 Å². The topological polar surface area (TPSA) is 29.9 Å². The number of nitrogens with zero attached hydrogens (tertiary/aromatic N) is 2. The number of anilines is 1. The summed E-state index contributed by atoms with van der Waals surface area (Å²) in [5.41, 5.74) is 3.88. The molecule has 1 heterocycles. The van der Waals surface area contributed by atoms with Gasteiger partial charge in [-0.1, -0.05) is 58.0 Å². The van der Waals surface area contributed by atoms with E-state index in [2.05, 4.69) is 74.6 Å². The second-order valence-corrected chi connectivity index (χ2v) is 6.89. The van der Waals surface area contributed by atoms with Crippen molar-refractivity contribution in [3.05, 3.63) is 47.8 Å². The maximum absolute atomic E-state index is 4.53. The van der Waals surface area contributed by atoms with Gasteiger partial charge >= 0.3 is 0 Å². The molecule has 0 aliphatic heterocycles. The van der Waals surface area contributed by atoms with Gasteiger partial charge in [-0.05, 0) is 23.8 Å². The Morgan fingerprint density at radius 3 is 2.43 bits per heavy atom. The number of rotatable bonds is 5. The summed E-state index contributed by atoms with van der Waals surface area (Å²) in [6, 6.07) is 11.0. The fourth-order valence-electron chi connectivity index (χ4n) is 2.65. The third kappa shape index (κ3) is 4.35. The molecule has 1 atom stereocenters. The van der Waals surface area contributed by atoms with E-state index in [4.69, 9.17) is 0 Å². The van der Waals surface area contributed by atoms with Crippen LogP contribution in [0.25, 0.3) is 0 Å². The molecule has 2 aromatic rings. The third-order valence-corrected chi connectivity index (χ3v) is 3.59. The predicted molar refractivity (Wildman–Crippen MR) is 89.5 cm³/mol. The molecule has 1 aromatic heterocycles. The van der Waals surface area contributed by atoms with Gasteiger partial charge < -0.3 is 5.32 Å². The minimum atomic E-state index is 0.266. The largest absolute Gasteiger partial charge is 0.375 e. The van der Waals surface area contributed by atoms with Crippen LogP contribution in [-0.4, -0.2) is 9.78 Å². The van der Waals surface area contributed by atoms with Crippen LogP contribution in [0, 0.1) is 5.41 Å². The molecule has 114 valence electrons. The summed E-state index contributed by atoms with van der Waals surface area (Å²) < 4.78 is 1.89. The van der Waals surface area contributed by atoms with Gasteiger partial charge in [0.25, 0.3) is 0 Å². The summed E-state index contributed by atoms with van der Waals surface area (Å²) >= 11 is 0. The molecule has 0 bridgehead atoms. The number of hydrogen-bond acceptors (Lipinski definition) is 2. The first-order valence-corrected chi connectivity index (χ1v) is 7.73. The standard InChI is InChI=1S/C18H27N3/c1-6-15-17(13-21(5)20-15)19-16(12-18(2,3)4)14-10-8-7-9-11-14/h7-11,13,16,19H,6,12H2,1-5H3. The Kier molecular flexibility index (Phi) is 4.71. The molecule has 1 unspecified atom stereocenters. The number of benzene rings is 1. The minimum Gasteiger partial charge on any atom is -0.375 e. The first kappa shape index (κ1) is 15.6. The van der Waals surface area contributed by atoms with E-state index in [0.29, 0.717) is 6.04 Å². The summed E-state index contributed by atoms with van der Waals surface area (Å²) in [7, 11) is 1.98. The van der Waals surface area contributed by atoms with E-state index in [1.807, 2.05) is 11.7 Å². The highest BCUT2D eigenvalue weighted by Crippen LogP contribution is 2.32. The van der Waals surface area contributed by atoms with Gasteiger partial charge in [-0.3, -0.25) is 4.68 Å². The average molecular weight is 285 g/mol. The van der Waals surface area contributed by atoms with Crippen LogP contribution >= 0.6 is 0 Å². The van der Waals surface area contributed by atoms with Gasteiger partial charge in [0.15, 0.2) is 0 Å². The van der Waals surface area contributed by atoms with Gasteiger partial charge in [0, 0.05) is 13.2 Å². The number of aryl methyl sites for hydroxylation is 2. The molecular weight excluding hydrogens is 258 g/mol. The molecule has 1 aromatic carbocycles. The van der Waals surface area contributed by atoms with Crippen molar-refractivity contribution in [3.8, 4) is 0 Å². The van der Waals surface area contributed by atoms with Crippen molar-refractivity contribution in [1.82, 2.24) is 9.78 Å². The van der Waals surface area contributed by atoms with Crippen LogP contribution in [0.1, 0.15) is 51.4 Å². The Hall–Kier alpha value is -1.77. The van der Waals surface area contributed by atoms with Crippen LogP contribution in [0.5, 0.6) is 0 Å². The highest BCUT2D eigenvalue weighted by atomic mass is 15.3. The Morgan fingerprint density at radius 1 is 1.19 bits per heavy atom. The van der Waals surface area contributed by atoms with Crippen LogP contribution in [-0.2, 0) is 13.5 Å². The number of aromatic nitrogens is 2. The van der Waals surface area contributed by atoms with Crippen LogP contribution in [0.4, 0.5) is 5.69 Å². The zero-order chi connectivity index (χ0) is 15.5. The first-order chi connectivity index (χ1) is 9.89. The highest BCUT2D eigenvalue weighted by molar-refractivity contribution is 5.48. The lowest BCUT2D eigenvalue weighted by atomic mass is 9.85. The van der Waals surface area contributed by atoms with Crippen LogP contribution in [0.3, 0.4) is 0 Å². The molecular formula is C18H27N3. The van der Waals surface area contributed by atoms with E-state index >= 15 is 0 Å². The molecule has 3 nitrogen and oxygen atoms in total. The number of hydrogen-bond donors (Lipinski definition) is 1. The molecule has 21 heavy (non-hydrogen) atoms. The molecule has 0 aliphatic rings. The average Bonchev–Trinajstić information content (AvgIpc) is 2.77. The normalized spacial score (nSPS) is 13.2. The summed E-state index contributed by atoms with van der Waals surface area (Å²) in [4.78, 5) is 0. The zero-order valence-corrected chi connectivity index (χ0v) is 13.9. The van der Waals surface area contributed by atoms with Crippen molar-refractivity contribution in [2.24, 2.45) is 12.5 Å². The molecule has 0 amide bonds. The molecule has 0 radical (unpaired) electrons. The van der Waals surface area contributed by atoms with Gasteiger partial charge in [-0.2, -0.15) is 5.10 Å². The van der Waals surface area contributed by atoms with Gasteiger partial charge in [0.1, 0.15) is 0 Å². The van der Waals surface area contributed by atoms with Crippen molar-refractivity contribution >= 4 is 5.69 Å². The molecule has 0 aliphatic carbocycles. The molecule has 3 heteroatoms. The van der Waals surface area contributed by atoms with E-state index < -0.39 is 0 Å². The molecule has 2 rings (SSSR count). The Labute approximate surface area is 128 Å². The van der Waals surface area contributed by atoms with E-state index in [0.717, 1.165) is 24.2 Å². The Balaban J connectivity index is 2.27. The van der Waals surface area contributed by atoms with Crippen molar-refractivity contribution in [1.29, 1.82) is 0 Å². The fraction of sp³-hybridized carbons (Fsp3) is 0.500. The SMILES string of the molecule is CCc1nn(C)cc1NC(CC(C)(C)C)c1ccccc1. The lowest BCUT2D eigenvalue weighted by molar-refractivity contribution is 0.352. The molecule has 0 spiro atoms. The summed E-state index contributed by atoms with van der Waals surface area (Å²) in [5, 5.41) is 8.24. The first-order valence-electron chi connectivity index (χ1n) is 7.73. The highest BCUT2D eigenvalue weighted by Gasteiger charge is 2.21. The zero-order valence-electron chi connectivity index (χ0n) is 13.9. The maximum Gasteiger partial charge on any atom is 0.0853 e. The molecule has 0 saturated heterocycles. The monoisotopic (exact) mass is 285 g/mol. The lowest BCUT2D eigenvalue weighted by Gasteiger charge is -2.28. The number of nitrogens with one attached hydrogen (secondary N) is 1. The molecule has 0 saturated carbocycles. The van der Waals surface area contributed by atoms with Crippen LogP contribution < -0.4 is 5.32 Å². The smallest absolute Gasteiger partial charge is 0.0853 e. The van der Waals surface area contributed by atoms with E-state index in [1.165, 1.54) is 5.56 Å². The second-order valence-electron chi connectivity index (χ2n) is 6.89. The summed E-state index contributed by atoms with van der Waals surface area (Å²) in [6.07, 6.45) is 4.10. The third-order valence-electron chi connectivity index (χ3n) is 3.59. The van der Waals surface area contributed by atoms with Crippen molar-refractivity contribution < 1.29 is 0 Å². The van der Waals surface area contributed by atoms with Gasteiger partial charge in [-0.25, -0.2) is 0 Å². The predicted octanol–water partition coefficient (Wildman–Crippen LogP) is 4.57. The summed E-state index contributed by atoms with van der Waals surface area (Å²) in [6.45, 7) is 9.01. The van der Waals surface area contributed by atoms with Crippen LogP contribution in [0.2, 0.25) is 0 Å². The van der Waals surface area contributed by atoms with E-state index in [1.54, 1.807) is 0 Å². The molecule has 1 N–H and O–H groups in total. The van der Waals surface area contributed by atoms with Crippen molar-refractivity contribution in [2.45, 2.75) is 46.6 Å². The second kappa shape index (κ2) is 6.33. The fourth-order valence-corrected chi connectivity index (χ4v) is 2.65. The maximum atomic E-state index is 4.53. The van der Waals surface area contributed by atoms with Crippen LogP contribution in [0.15, 0.2) is 36.5 Å². The quantitative estimate of drug-likeness (QED) is 0.872. The van der Waals surface area contributed by atoms with E-state index in [9.17, 15) is 0 Å². The minimum absolute atomic E-state index is 0.266. The Bertz CT molecular complexity index is 564. The Morgan fingerprint density at radius 2 is 1.86 bits per heavy atom.